The predicted molar refractivity (Wildman–Crippen MR) is 138 cm³/mol. The molecule has 1 aliphatic rings. The van der Waals surface area contributed by atoms with E-state index < -0.39 is 0 Å². The van der Waals surface area contributed by atoms with Gasteiger partial charge in [0.2, 0.25) is 0 Å². The van der Waals surface area contributed by atoms with Crippen molar-refractivity contribution in [2.75, 3.05) is 13.6 Å². The molecular formula is C24H38IN5O. The Morgan fingerprint density at radius 3 is 2.55 bits per heavy atom. The van der Waals surface area contributed by atoms with Crippen LogP contribution in [0, 0.1) is 0 Å². The molecule has 1 atom stereocenters. The van der Waals surface area contributed by atoms with E-state index in [1.807, 2.05) is 7.05 Å². The Kier molecular flexibility index (Phi) is 10.8. The molecule has 1 unspecified atom stereocenters. The highest BCUT2D eigenvalue weighted by atomic mass is 127. The van der Waals surface area contributed by atoms with Gasteiger partial charge < -0.3 is 15.2 Å². The largest absolute Gasteiger partial charge is 0.361 e. The molecule has 0 aliphatic carbocycles. The number of halogens is 1. The molecular weight excluding hydrogens is 501 g/mol. The Labute approximate surface area is 204 Å². The first kappa shape index (κ1) is 25.6. The molecule has 1 aliphatic heterocycles. The Morgan fingerprint density at radius 1 is 1.13 bits per heavy atom. The third-order valence-electron chi connectivity index (χ3n) is 6.14. The van der Waals surface area contributed by atoms with Crippen LogP contribution in [0.25, 0.3) is 0 Å². The summed E-state index contributed by atoms with van der Waals surface area (Å²) in [7, 11) is 1.81. The highest BCUT2D eigenvalue weighted by Crippen LogP contribution is 2.21. The van der Waals surface area contributed by atoms with Crippen LogP contribution in [-0.2, 0) is 32.5 Å². The van der Waals surface area contributed by atoms with Crippen LogP contribution in [0.5, 0.6) is 0 Å². The fraction of sp³-hybridized carbons (Fsp3) is 0.583. The fourth-order valence-electron chi connectivity index (χ4n) is 4.20. The Hall–Kier alpha value is -1.61. The second kappa shape index (κ2) is 13.1. The van der Waals surface area contributed by atoms with Crippen LogP contribution in [0.3, 0.4) is 0 Å². The second-order valence-corrected chi connectivity index (χ2v) is 8.10. The summed E-state index contributed by atoms with van der Waals surface area (Å²) in [5.74, 6) is 1.75. The second-order valence-electron chi connectivity index (χ2n) is 8.10. The molecule has 2 heterocycles. The maximum Gasteiger partial charge on any atom is 0.191 e. The molecule has 7 heteroatoms. The summed E-state index contributed by atoms with van der Waals surface area (Å²) < 4.78 is 5.47. The number of aromatic nitrogens is 1. The first-order valence-corrected chi connectivity index (χ1v) is 11.4. The lowest BCUT2D eigenvalue weighted by molar-refractivity contribution is 0.152. The molecule has 2 aromatic rings. The van der Waals surface area contributed by atoms with Crippen molar-refractivity contribution in [1.29, 1.82) is 0 Å². The number of nitrogens with zero attached hydrogens (tertiary/aromatic N) is 3. The summed E-state index contributed by atoms with van der Waals surface area (Å²) in [5, 5.41) is 11.1. The van der Waals surface area contributed by atoms with Gasteiger partial charge in [-0.25, -0.2) is 0 Å². The number of aliphatic imine (C=N–C) groups is 1. The fourth-order valence-corrected chi connectivity index (χ4v) is 4.20. The zero-order valence-electron chi connectivity index (χ0n) is 19.4. The molecule has 0 amide bonds. The Balaban J connectivity index is 0.00000341. The summed E-state index contributed by atoms with van der Waals surface area (Å²) in [6, 6.07) is 9.40. The van der Waals surface area contributed by atoms with E-state index in [0.717, 1.165) is 48.9 Å². The van der Waals surface area contributed by atoms with Crippen LogP contribution in [-0.4, -0.2) is 35.7 Å². The van der Waals surface area contributed by atoms with Crippen molar-refractivity contribution in [3.8, 4) is 0 Å². The Morgan fingerprint density at radius 2 is 1.87 bits per heavy atom. The monoisotopic (exact) mass is 539 g/mol. The minimum absolute atomic E-state index is 0. The van der Waals surface area contributed by atoms with Gasteiger partial charge in [-0.1, -0.05) is 49.7 Å². The quantitative estimate of drug-likeness (QED) is 0.290. The van der Waals surface area contributed by atoms with Crippen LogP contribution in [0.1, 0.15) is 68.2 Å². The molecule has 31 heavy (non-hydrogen) atoms. The summed E-state index contributed by atoms with van der Waals surface area (Å²) in [5.41, 5.74) is 4.90. The van der Waals surface area contributed by atoms with Crippen molar-refractivity contribution < 1.29 is 4.52 Å². The van der Waals surface area contributed by atoms with Gasteiger partial charge in [0, 0.05) is 44.7 Å². The maximum atomic E-state index is 5.47. The molecule has 0 spiro atoms. The lowest BCUT2D eigenvalue weighted by Gasteiger charge is -2.33. The number of guanidine groups is 1. The van der Waals surface area contributed by atoms with Crippen molar-refractivity contribution >= 4 is 29.9 Å². The van der Waals surface area contributed by atoms with Crippen molar-refractivity contribution in [2.45, 2.75) is 78.6 Å². The van der Waals surface area contributed by atoms with E-state index in [-0.39, 0.29) is 24.0 Å². The summed E-state index contributed by atoms with van der Waals surface area (Å²) in [6.45, 7) is 10.2. The summed E-state index contributed by atoms with van der Waals surface area (Å²) in [6.07, 6.45) is 5.69. The zero-order valence-corrected chi connectivity index (χ0v) is 21.7. The van der Waals surface area contributed by atoms with Gasteiger partial charge in [0.15, 0.2) is 5.96 Å². The number of benzene rings is 1. The van der Waals surface area contributed by atoms with E-state index in [2.05, 4.69) is 70.7 Å². The van der Waals surface area contributed by atoms with Crippen molar-refractivity contribution in [1.82, 2.24) is 20.7 Å². The van der Waals surface area contributed by atoms with Crippen molar-refractivity contribution in [3.05, 3.63) is 52.4 Å². The lowest BCUT2D eigenvalue weighted by Crippen LogP contribution is -2.38. The van der Waals surface area contributed by atoms with E-state index in [1.54, 1.807) is 0 Å². The van der Waals surface area contributed by atoms with Crippen molar-refractivity contribution in [2.24, 2.45) is 4.99 Å². The molecule has 1 saturated heterocycles. The molecule has 3 rings (SSSR count). The third-order valence-corrected chi connectivity index (χ3v) is 6.14. The smallest absolute Gasteiger partial charge is 0.191 e. The van der Waals surface area contributed by atoms with Crippen LogP contribution in [0.15, 0.2) is 33.8 Å². The zero-order chi connectivity index (χ0) is 21.3. The number of piperidine rings is 1. The molecule has 172 valence electrons. The van der Waals surface area contributed by atoms with Crippen molar-refractivity contribution in [3.63, 3.8) is 0 Å². The lowest BCUT2D eigenvalue weighted by atomic mass is 10.0. The highest BCUT2D eigenvalue weighted by Gasteiger charge is 2.19. The molecule has 1 aromatic heterocycles. The normalized spacial score (nSPS) is 17.3. The number of rotatable bonds is 8. The summed E-state index contributed by atoms with van der Waals surface area (Å²) in [4.78, 5) is 7.01. The average Bonchev–Trinajstić information content (AvgIpc) is 3.18. The number of hydrogen-bond donors (Lipinski definition) is 2. The number of nitrogens with one attached hydrogen (secondary N) is 2. The van der Waals surface area contributed by atoms with E-state index in [4.69, 9.17) is 4.52 Å². The molecule has 2 N–H and O–H groups in total. The topological polar surface area (TPSA) is 65.7 Å². The first-order chi connectivity index (χ1) is 14.7. The van der Waals surface area contributed by atoms with Gasteiger partial charge in [-0.2, -0.15) is 0 Å². The van der Waals surface area contributed by atoms with Crippen LogP contribution in [0.2, 0.25) is 0 Å². The van der Waals surface area contributed by atoms with Gasteiger partial charge in [-0.05, 0) is 43.9 Å². The van der Waals surface area contributed by atoms with Gasteiger partial charge >= 0.3 is 0 Å². The van der Waals surface area contributed by atoms with E-state index in [9.17, 15) is 0 Å². The minimum Gasteiger partial charge on any atom is -0.361 e. The van der Waals surface area contributed by atoms with E-state index in [1.165, 1.54) is 36.9 Å². The summed E-state index contributed by atoms with van der Waals surface area (Å²) >= 11 is 0. The standard InChI is InChI=1S/C24H37N5O.HI/c1-5-22-21(23(6-2)30-28-22)16-27-24(25-4)26-15-19-12-7-8-13-20(19)17-29-14-10-9-11-18(29)3;/h7-8,12-13,18H,5-6,9-11,14-17H2,1-4H3,(H2,25,26,27);1H. The molecule has 0 radical (unpaired) electrons. The van der Waals surface area contributed by atoms with Gasteiger partial charge in [-0.3, -0.25) is 9.89 Å². The predicted octanol–water partition coefficient (Wildman–Crippen LogP) is 4.66. The van der Waals surface area contributed by atoms with Gasteiger partial charge in [-0.15, -0.1) is 24.0 Å². The molecule has 0 saturated carbocycles. The van der Waals surface area contributed by atoms with Crippen LogP contribution in [0.4, 0.5) is 0 Å². The SMILES string of the molecule is CCc1noc(CC)c1CNC(=NC)NCc1ccccc1CN1CCCCC1C.I. The number of hydrogen-bond acceptors (Lipinski definition) is 4. The highest BCUT2D eigenvalue weighted by molar-refractivity contribution is 14.0. The number of likely N-dealkylation sites (tertiary alicyclic amines) is 1. The van der Waals surface area contributed by atoms with E-state index in [0.29, 0.717) is 12.6 Å². The molecule has 0 bridgehead atoms. The average molecular weight is 540 g/mol. The maximum absolute atomic E-state index is 5.47. The van der Waals surface area contributed by atoms with Crippen LogP contribution < -0.4 is 10.6 Å². The molecule has 1 aromatic carbocycles. The Bertz CT molecular complexity index is 814. The number of aryl methyl sites for hydroxylation is 2. The third kappa shape index (κ3) is 6.94. The van der Waals surface area contributed by atoms with Gasteiger partial charge in [0.05, 0.1) is 5.69 Å². The van der Waals surface area contributed by atoms with E-state index >= 15 is 0 Å². The van der Waals surface area contributed by atoms with Crippen LogP contribution >= 0.6 is 24.0 Å². The van der Waals surface area contributed by atoms with Gasteiger partial charge in [0.1, 0.15) is 5.76 Å². The molecule has 1 fully saturated rings. The first-order valence-electron chi connectivity index (χ1n) is 11.4. The molecule has 6 nitrogen and oxygen atoms in total. The minimum atomic E-state index is 0. The van der Waals surface area contributed by atoms with Gasteiger partial charge in [0.25, 0.3) is 0 Å².